The summed E-state index contributed by atoms with van der Waals surface area (Å²) < 4.78 is 1.85. The van der Waals surface area contributed by atoms with Gasteiger partial charge in [0.15, 0.2) is 0 Å². The monoisotopic (exact) mass is 208 g/mol. The maximum absolute atomic E-state index is 4.41. The lowest BCUT2D eigenvalue weighted by molar-refractivity contribution is 0.689. The van der Waals surface area contributed by atoms with Crippen LogP contribution in [0.25, 0.3) is 10.9 Å². The Morgan fingerprint density at radius 2 is 2.12 bits per heavy atom. The van der Waals surface area contributed by atoms with Crippen LogP contribution in [-0.4, -0.2) is 14.8 Å². The predicted molar refractivity (Wildman–Crippen MR) is 61.9 cm³/mol. The van der Waals surface area contributed by atoms with Crippen LogP contribution in [0, 0.1) is 6.07 Å². The van der Waals surface area contributed by atoms with Crippen molar-refractivity contribution in [1.29, 1.82) is 0 Å². The highest BCUT2D eigenvalue weighted by molar-refractivity contribution is 5.81. The first-order valence-corrected chi connectivity index (χ1v) is 5.14. The molecule has 0 amide bonds. The number of aromatic nitrogens is 3. The quantitative estimate of drug-likeness (QED) is 0.646. The van der Waals surface area contributed by atoms with Crippen molar-refractivity contribution < 1.29 is 0 Å². The molecule has 1 radical (unpaired) electrons. The van der Waals surface area contributed by atoms with E-state index in [1.165, 1.54) is 5.56 Å². The number of nitrogens with zero attached hydrogens (tertiary/aromatic N) is 3. The van der Waals surface area contributed by atoms with E-state index < -0.39 is 0 Å². The number of hydrogen-bond donors (Lipinski definition) is 0. The predicted octanol–water partition coefficient (Wildman–Crippen LogP) is 2.28. The van der Waals surface area contributed by atoms with Gasteiger partial charge in [-0.2, -0.15) is 5.10 Å². The minimum atomic E-state index is 0.734. The summed E-state index contributed by atoms with van der Waals surface area (Å²) in [7, 11) is 0. The minimum absolute atomic E-state index is 0.734. The average molecular weight is 208 g/mol. The molecule has 0 N–H and O–H groups in total. The van der Waals surface area contributed by atoms with Crippen molar-refractivity contribution in [1.82, 2.24) is 14.8 Å². The molecule has 2 aromatic heterocycles. The van der Waals surface area contributed by atoms with E-state index in [9.17, 15) is 0 Å². The first-order valence-electron chi connectivity index (χ1n) is 5.14. The molecule has 0 aliphatic rings. The number of benzene rings is 1. The molecule has 0 spiro atoms. The number of hydrogen-bond acceptors (Lipinski definition) is 2. The molecule has 0 atom stereocenters. The van der Waals surface area contributed by atoms with Crippen molar-refractivity contribution in [2.45, 2.75) is 6.54 Å². The summed E-state index contributed by atoms with van der Waals surface area (Å²) in [6, 6.07) is 13.2. The topological polar surface area (TPSA) is 30.7 Å². The summed E-state index contributed by atoms with van der Waals surface area (Å²) in [6.07, 6.45) is 5.32. The van der Waals surface area contributed by atoms with Crippen LogP contribution in [0.15, 0.2) is 48.9 Å². The third-order valence-corrected chi connectivity index (χ3v) is 2.55. The van der Waals surface area contributed by atoms with E-state index in [-0.39, 0.29) is 0 Å². The largest absolute Gasteiger partial charge is 0.268 e. The zero-order chi connectivity index (χ0) is 10.8. The lowest BCUT2D eigenvalue weighted by Crippen LogP contribution is -2.01. The molecule has 16 heavy (non-hydrogen) atoms. The standard InChI is InChI=1S/C13H10N3/c1-4-11-6-2-7-14-13(11)12(5-1)10-16-9-3-8-15-16/h1-2,4-9H,10H2. The third-order valence-electron chi connectivity index (χ3n) is 2.55. The Morgan fingerprint density at radius 3 is 3.00 bits per heavy atom. The third kappa shape index (κ3) is 1.56. The van der Waals surface area contributed by atoms with Gasteiger partial charge in [0.25, 0.3) is 0 Å². The molecule has 77 valence electrons. The molecule has 0 saturated heterocycles. The van der Waals surface area contributed by atoms with Gasteiger partial charge < -0.3 is 0 Å². The van der Waals surface area contributed by atoms with E-state index >= 15 is 0 Å². The van der Waals surface area contributed by atoms with E-state index in [1.54, 1.807) is 6.20 Å². The van der Waals surface area contributed by atoms with Gasteiger partial charge in [0, 0.05) is 23.8 Å². The summed E-state index contributed by atoms with van der Waals surface area (Å²) in [5.41, 5.74) is 2.22. The van der Waals surface area contributed by atoms with Crippen molar-refractivity contribution in [3.63, 3.8) is 0 Å². The molecule has 0 aliphatic heterocycles. The van der Waals surface area contributed by atoms with E-state index in [0.29, 0.717) is 0 Å². The van der Waals surface area contributed by atoms with Crippen LogP contribution in [0.4, 0.5) is 0 Å². The van der Waals surface area contributed by atoms with Crippen LogP contribution < -0.4 is 0 Å². The second-order valence-electron chi connectivity index (χ2n) is 3.63. The molecule has 3 rings (SSSR count). The first-order chi connectivity index (χ1) is 7.93. The second kappa shape index (κ2) is 3.77. The van der Waals surface area contributed by atoms with Gasteiger partial charge in [-0.05, 0) is 11.6 Å². The zero-order valence-electron chi connectivity index (χ0n) is 8.67. The maximum Gasteiger partial charge on any atom is 0.0752 e. The molecule has 3 aromatic rings. The molecule has 0 saturated carbocycles. The molecule has 2 heterocycles. The Kier molecular flexibility index (Phi) is 2.14. The zero-order valence-corrected chi connectivity index (χ0v) is 8.67. The van der Waals surface area contributed by atoms with Gasteiger partial charge in [-0.25, -0.2) is 0 Å². The van der Waals surface area contributed by atoms with Crippen LogP contribution in [0.3, 0.4) is 0 Å². The summed E-state index contributed by atoms with van der Waals surface area (Å²) in [5.74, 6) is 0. The van der Waals surface area contributed by atoms with Gasteiger partial charge in [-0.3, -0.25) is 9.67 Å². The summed E-state index contributed by atoms with van der Waals surface area (Å²) in [6.45, 7) is 0.734. The average Bonchev–Trinajstić information content (AvgIpc) is 2.82. The number of fused-ring (bicyclic) bond motifs is 1. The van der Waals surface area contributed by atoms with Gasteiger partial charge in [0.2, 0.25) is 0 Å². The Labute approximate surface area is 93.4 Å². The van der Waals surface area contributed by atoms with Crippen LogP contribution in [0.1, 0.15) is 5.56 Å². The fourth-order valence-electron chi connectivity index (χ4n) is 1.82. The smallest absolute Gasteiger partial charge is 0.0752 e. The normalized spacial score (nSPS) is 10.8. The Bertz CT molecular complexity index is 594. The number of rotatable bonds is 2. The van der Waals surface area contributed by atoms with E-state index in [4.69, 9.17) is 0 Å². The van der Waals surface area contributed by atoms with Gasteiger partial charge >= 0.3 is 0 Å². The van der Waals surface area contributed by atoms with Gasteiger partial charge in [-0.1, -0.05) is 24.3 Å². The van der Waals surface area contributed by atoms with Gasteiger partial charge in [0.1, 0.15) is 0 Å². The van der Waals surface area contributed by atoms with Crippen LogP contribution in [0.5, 0.6) is 0 Å². The molecule has 3 heteroatoms. The Morgan fingerprint density at radius 1 is 1.19 bits per heavy atom. The van der Waals surface area contributed by atoms with Gasteiger partial charge in [-0.15, -0.1) is 0 Å². The Hall–Kier alpha value is -2.16. The number of pyridine rings is 1. The van der Waals surface area contributed by atoms with Crippen molar-refractivity contribution >= 4 is 10.9 Å². The summed E-state index contributed by atoms with van der Waals surface area (Å²) in [5, 5.41) is 5.31. The summed E-state index contributed by atoms with van der Waals surface area (Å²) in [4.78, 5) is 4.41. The molecular weight excluding hydrogens is 198 g/mol. The van der Waals surface area contributed by atoms with E-state index in [0.717, 1.165) is 17.4 Å². The first kappa shape index (κ1) is 9.09. The number of para-hydroxylation sites is 1. The van der Waals surface area contributed by atoms with Crippen molar-refractivity contribution in [3.05, 3.63) is 60.6 Å². The van der Waals surface area contributed by atoms with Crippen molar-refractivity contribution in [2.75, 3.05) is 0 Å². The molecule has 0 fully saturated rings. The molecule has 3 nitrogen and oxygen atoms in total. The fourth-order valence-corrected chi connectivity index (χ4v) is 1.82. The Balaban J connectivity index is 2.10. The highest BCUT2D eigenvalue weighted by Gasteiger charge is 2.02. The molecule has 0 unspecified atom stereocenters. The van der Waals surface area contributed by atoms with Crippen LogP contribution >= 0.6 is 0 Å². The molecule has 1 aromatic carbocycles. The molecule has 0 aliphatic carbocycles. The minimum Gasteiger partial charge on any atom is -0.268 e. The molecule has 0 bridgehead atoms. The highest BCUT2D eigenvalue weighted by Crippen LogP contribution is 2.16. The molecular formula is C13H10N3. The fraction of sp³-hybridized carbons (Fsp3) is 0.0769. The van der Waals surface area contributed by atoms with E-state index in [1.807, 2.05) is 29.2 Å². The lowest BCUT2D eigenvalue weighted by Gasteiger charge is -2.05. The lowest BCUT2D eigenvalue weighted by atomic mass is 10.1. The summed E-state index contributed by atoms with van der Waals surface area (Å²) >= 11 is 0. The van der Waals surface area contributed by atoms with E-state index in [2.05, 4.69) is 34.3 Å². The highest BCUT2D eigenvalue weighted by atomic mass is 15.3. The maximum atomic E-state index is 4.41. The van der Waals surface area contributed by atoms with Crippen LogP contribution in [0.2, 0.25) is 0 Å². The van der Waals surface area contributed by atoms with Crippen molar-refractivity contribution in [2.24, 2.45) is 0 Å². The van der Waals surface area contributed by atoms with Gasteiger partial charge in [0.05, 0.1) is 18.3 Å². The second-order valence-corrected chi connectivity index (χ2v) is 3.63. The van der Waals surface area contributed by atoms with Crippen LogP contribution in [-0.2, 0) is 6.54 Å². The van der Waals surface area contributed by atoms with Crippen molar-refractivity contribution in [3.8, 4) is 0 Å². The SMILES string of the molecule is [c]1cnn(Cc2cccc3cccnc23)c1.